The Hall–Kier alpha value is -2.67. The maximum Gasteiger partial charge on any atom is 0.337 e. The van der Waals surface area contributed by atoms with Crippen molar-refractivity contribution < 1.29 is 4.79 Å². The van der Waals surface area contributed by atoms with Crippen LogP contribution >= 0.6 is 11.3 Å². The first kappa shape index (κ1) is 22.1. The first-order chi connectivity index (χ1) is 16.1. The number of aromatic nitrogens is 2. The Kier molecular flexibility index (Phi) is 6.23. The molecule has 6 nitrogen and oxygen atoms in total. The van der Waals surface area contributed by atoms with E-state index in [1.165, 1.54) is 31.8 Å². The topological polar surface area (TPSA) is 73.1 Å². The van der Waals surface area contributed by atoms with Crippen LogP contribution in [-0.4, -0.2) is 21.1 Å². The van der Waals surface area contributed by atoms with Gasteiger partial charge in [0.15, 0.2) is 0 Å². The molecule has 0 bridgehead atoms. The summed E-state index contributed by atoms with van der Waals surface area (Å²) in [5.74, 6) is -0.150. The van der Waals surface area contributed by atoms with Gasteiger partial charge < -0.3 is 5.32 Å². The summed E-state index contributed by atoms with van der Waals surface area (Å²) in [7, 11) is 0. The highest BCUT2D eigenvalue weighted by Crippen LogP contribution is 2.34. The van der Waals surface area contributed by atoms with Gasteiger partial charge in [-0.15, -0.1) is 11.3 Å². The quantitative estimate of drug-likeness (QED) is 0.616. The number of nitrogens with zero attached hydrogens (tertiary/aromatic N) is 2. The summed E-state index contributed by atoms with van der Waals surface area (Å²) in [6.45, 7) is 2.02. The monoisotopic (exact) mass is 465 g/mol. The Morgan fingerprint density at radius 2 is 1.76 bits per heavy atom. The van der Waals surface area contributed by atoms with Crippen LogP contribution in [0.4, 0.5) is 0 Å². The van der Waals surface area contributed by atoms with E-state index in [1.54, 1.807) is 0 Å². The first-order valence-electron chi connectivity index (χ1n) is 12.3. The third kappa shape index (κ3) is 4.19. The molecule has 0 unspecified atom stereocenters. The van der Waals surface area contributed by atoms with E-state index in [2.05, 4.69) is 12.2 Å². The van der Waals surface area contributed by atoms with Gasteiger partial charge in [-0.2, -0.15) is 0 Å². The van der Waals surface area contributed by atoms with Gasteiger partial charge in [-0.05, 0) is 68.2 Å². The number of hydrogen-bond acceptors (Lipinski definition) is 4. The molecule has 1 amide bonds. The zero-order chi connectivity index (χ0) is 22.9. The lowest BCUT2D eigenvalue weighted by Crippen LogP contribution is -2.43. The van der Waals surface area contributed by atoms with Crippen molar-refractivity contribution in [3.05, 3.63) is 61.1 Å². The molecule has 0 spiro atoms. The summed E-state index contributed by atoms with van der Waals surface area (Å²) >= 11 is 1.52. The molecule has 174 valence electrons. The fraction of sp³-hybridized carbons (Fsp3) is 0.500. The Bertz CT molecular complexity index is 1290. The number of fused-ring (bicyclic) bond motifs is 3. The first-order valence-corrected chi connectivity index (χ1v) is 13.1. The highest BCUT2D eigenvalue weighted by molar-refractivity contribution is 7.18. The fourth-order valence-corrected chi connectivity index (χ4v) is 6.65. The van der Waals surface area contributed by atoms with Crippen LogP contribution in [0, 0.1) is 0 Å². The molecule has 2 aliphatic rings. The molecule has 2 heterocycles. The molecule has 1 saturated carbocycles. The second-order valence-electron chi connectivity index (χ2n) is 9.32. The van der Waals surface area contributed by atoms with Gasteiger partial charge in [-0.3, -0.25) is 14.2 Å². The zero-order valence-corrected chi connectivity index (χ0v) is 20.0. The Morgan fingerprint density at radius 1 is 1.03 bits per heavy atom. The Balaban J connectivity index is 1.63. The highest BCUT2D eigenvalue weighted by Gasteiger charge is 2.25. The standard InChI is InChI=1S/C26H31N3O3S/c1-2-17-12-14-19(15-13-17)29-24(31)23-20-10-6-7-11-21(20)33-25(23)28(26(29)32)16-22(30)27-18-8-4-3-5-9-18/h12-15,18H,2-11,16H2,1H3,(H,27,30). The molecule has 0 saturated heterocycles. The largest absolute Gasteiger partial charge is 0.352 e. The van der Waals surface area contributed by atoms with E-state index in [1.807, 2.05) is 24.3 Å². The lowest BCUT2D eigenvalue weighted by molar-refractivity contribution is -0.122. The second kappa shape index (κ2) is 9.29. The number of thiophene rings is 1. The maximum absolute atomic E-state index is 13.7. The third-order valence-corrected chi connectivity index (χ3v) is 8.43. The minimum absolute atomic E-state index is 0.0570. The van der Waals surface area contributed by atoms with Crippen molar-refractivity contribution in [3.63, 3.8) is 0 Å². The molecule has 0 radical (unpaired) electrons. The summed E-state index contributed by atoms with van der Waals surface area (Å²) in [6.07, 6.45) is 10.3. The van der Waals surface area contributed by atoms with E-state index < -0.39 is 5.69 Å². The maximum atomic E-state index is 13.7. The second-order valence-corrected chi connectivity index (χ2v) is 10.4. The third-order valence-electron chi connectivity index (χ3n) is 7.11. The minimum Gasteiger partial charge on any atom is -0.352 e. The molecule has 5 rings (SSSR count). The summed E-state index contributed by atoms with van der Waals surface area (Å²) in [4.78, 5) is 42.1. The molecule has 3 aromatic rings. The molecule has 1 fully saturated rings. The van der Waals surface area contributed by atoms with Crippen LogP contribution in [0.5, 0.6) is 0 Å². The molecule has 0 aliphatic heterocycles. The van der Waals surface area contributed by atoms with Gasteiger partial charge in [0, 0.05) is 10.9 Å². The van der Waals surface area contributed by atoms with Crippen LogP contribution in [0.15, 0.2) is 33.9 Å². The van der Waals surface area contributed by atoms with Crippen LogP contribution in [0.2, 0.25) is 0 Å². The number of hydrogen-bond donors (Lipinski definition) is 1. The minimum atomic E-state index is -0.436. The molecule has 1 N–H and O–H groups in total. The van der Waals surface area contributed by atoms with E-state index in [0.29, 0.717) is 15.9 Å². The molecular weight excluding hydrogens is 434 g/mol. The highest BCUT2D eigenvalue weighted by atomic mass is 32.1. The van der Waals surface area contributed by atoms with Crippen molar-refractivity contribution in [2.75, 3.05) is 0 Å². The summed E-state index contributed by atoms with van der Waals surface area (Å²) < 4.78 is 2.79. The van der Waals surface area contributed by atoms with Crippen molar-refractivity contribution in [3.8, 4) is 5.69 Å². The van der Waals surface area contributed by atoms with Crippen LogP contribution < -0.4 is 16.6 Å². The van der Waals surface area contributed by atoms with Crippen molar-refractivity contribution in [2.45, 2.75) is 83.7 Å². The van der Waals surface area contributed by atoms with Crippen LogP contribution in [0.1, 0.15) is 67.9 Å². The van der Waals surface area contributed by atoms with E-state index in [0.717, 1.165) is 68.9 Å². The molecule has 33 heavy (non-hydrogen) atoms. The molecule has 2 aliphatic carbocycles. The predicted molar refractivity (Wildman–Crippen MR) is 133 cm³/mol. The fourth-order valence-electron chi connectivity index (χ4n) is 5.28. The summed E-state index contributed by atoms with van der Waals surface area (Å²) in [6, 6.07) is 7.75. The van der Waals surface area contributed by atoms with Gasteiger partial charge in [0.1, 0.15) is 11.4 Å². The number of aryl methyl sites for hydroxylation is 3. The number of amides is 1. The van der Waals surface area contributed by atoms with Gasteiger partial charge in [0.2, 0.25) is 5.91 Å². The van der Waals surface area contributed by atoms with E-state index in [9.17, 15) is 14.4 Å². The van der Waals surface area contributed by atoms with E-state index in [4.69, 9.17) is 0 Å². The Morgan fingerprint density at radius 3 is 2.48 bits per heavy atom. The van der Waals surface area contributed by atoms with Crippen molar-refractivity contribution in [1.82, 2.24) is 14.5 Å². The molecule has 7 heteroatoms. The van der Waals surface area contributed by atoms with Crippen molar-refractivity contribution in [2.24, 2.45) is 0 Å². The molecular formula is C26H31N3O3S. The lowest BCUT2D eigenvalue weighted by atomic mass is 9.95. The van der Waals surface area contributed by atoms with Crippen LogP contribution in [0.25, 0.3) is 15.9 Å². The Labute approximate surface area is 197 Å². The average Bonchev–Trinajstić information content (AvgIpc) is 3.23. The zero-order valence-electron chi connectivity index (χ0n) is 19.2. The lowest BCUT2D eigenvalue weighted by Gasteiger charge is -2.23. The number of carbonyl (C=O) groups excluding carboxylic acids is 1. The van der Waals surface area contributed by atoms with Gasteiger partial charge in [0.05, 0.1) is 11.1 Å². The molecule has 1 aromatic carbocycles. The van der Waals surface area contributed by atoms with E-state index in [-0.39, 0.29) is 24.1 Å². The van der Waals surface area contributed by atoms with Gasteiger partial charge in [0.25, 0.3) is 5.56 Å². The van der Waals surface area contributed by atoms with Crippen LogP contribution in [-0.2, 0) is 30.6 Å². The summed E-state index contributed by atoms with van der Waals surface area (Å²) in [5.41, 5.74) is 2.08. The van der Waals surface area contributed by atoms with Gasteiger partial charge in [-0.1, -0.05) is 38.3 Å². The number of carbonyl (C=O) groups is 1. The van der Waals surface area contributed by atoms with Gasteiger partial charge >= 0.3 is 5.69 Å². The normalized spacial score (nSPS) is 16.6. The van der Waals surface area contributed by atoms with Gasteiger partial charge in [-0.25, -0.2) is 9.36 Å². The molecule has 2 aromatic heterocycles. The van der Waals surface area contributed by atoms with E-state index >= 15 is 0 Å². The predicted octanol–water partition coefficient (Wildman–Crippen LogP) is 4.10. The molecule has 0 atom stereocenters. The summed E-state index contributed by atoms with van der Waals surface area (Å²) in [5, 5.41) is 3.75. The SMILES string of the molecule is CCc1ccc(-n2c(=O)c3c4c(sc3n(CC(=O)NC3CCCCC3)c2=O)CCCC4)cc1. The van der Waals surface area contributed by atoms with Crippen LogP contribution in [0.3, 0.4) is 0 Å². The van der Waals surface area contributed by atoms with Crippen molar-refractivity contribution in [1.29, 1.82) is 0 Å². The smallest absolute Gasteiger partial charge is 0.337 e. The average molecular weight is 466 g/mol. The number of rotatable bonds is 5. The number of benzene rings is 1. The van der Waals surface area contributed by atoms with Crippen molar-refractivity contribution >= 4 is 27.5 Å². The number of nitrogens with one attached hydrogen (secondary N) is 1.